The van der Waals surface area contributed by atoms with Crippen molar-refractivity contribution in [3.63, 3.8) is 0 Å². The number of nitrogens with two attached hydrogens (primary N) is 1. The van der Waals surface area contributed by atoms with Crippen molar-refractivity contribution in [3.05, 3.63) is 30.3 Å². The lowest BCUT2D eigenvalue weighted by Crippen LogP contribution is -2.50. The highest BCUT2D eigenvalue weighted by atomic mass is 32.1. The number of carbonyl (C=O) groups is 1. The number of ether oxygens (including phenoxy) is 1. The lowest BCUT2D eigenvalue weighted by Gasteiger charge is -2.35. The maximum atomic E-state index is 12.2. The number of benzene rings is 1. The van der Waals surface area contributed by atoms with E-state index in [1.54, 1.807) is 4.90 Å². The lowest BCUT2D eigenvalue weighted by molar-refractivity contribution is -0.133. The summed E-state index contributed by atoms with van der Waals surface area (Å²) in [5.41, 5.74) is 5.72. The van der Waals surface area contributed by atoms with Gasteiger partial charge in [-0.15, -0.1) is 0 Å². The molecule has 2 N–H and O–H groups in total. The van der Waals surface area contributed by atoms with E-state index in [-0.39, 0.29) is 11.9 Å². The van der Waals surface area contributed by atoms with Crippen molar-refractivity contribution in [3.8, 4) is 5.75 Å². The van der Waals surface area contributed by atoms with E-state index in [2.05, 4.69) is 0 Å². The first kappa shape index (κ1) is 14.8. The van der Waals surface area contributed by atoms with Gasteiger partial charge in [-0.05, 0) is 31.4 Å². The minimum Gasteiger partial charge on any atom is -0.493 e. The number of amides is 1. The van der Waals surface area contributed by atoms with E-state index < -0.39 is 0 Å². The highest BCUT2D eigenvalue weighted by Gasteiger charge is 2.28. The third-order valence-corrected chi connectivity index (χ3v) is 3.75. The Bertz CT molecular complexity index is 464. The SMILES string of the molecule is NC(=S)C1CCCCN1C(=O)CCOc1ccccc1. The molecule has 0 saturated carbocycles. The molecule has 1 unspecified atom stereocenters. The quantitative estimate of drug-likeness (QED) is 0.845. The van der Waals surface area contributed by atoms with Gasteiger partial charge in [-0.25, -0.2) is 0 Å². The summed E-state index contributed by atoms with van der Waals surface area (Å²) < 4.78 is 5.55. The van der Waals surface area contributed by atoms with Crippen LogP contribution in [0.15, 0.2) is 30.3 Å². The first-order chi connectivity index (χ1) is 9.68. The van der Waals surface area contributed by atoms with Crippen molar-refractivity contribution >= 4 is 23.1 Å². The number of likely N-dealkylation sites (tertiary alicyclic amines) is 1. The number of piperidine rings is 1. The predicted octanol–water partition coefficient (Wildman–Crippen LogP) is 2.12. The minimum absolute atomic E-state index is 0.0680. The molecule has 0 radical (unpaired) electrons. The Kier molecular flexibility index (Phi) is 5.35. The van der Waals surface area contributed by atoms with Gasteiger partial charge >= 0.3 is 0 Å². The van der Waals surface area contributed by atoms with Gasteiger partial charge in [0.25, 0.3) is 0 Å². The summed E-state index contributed by atoms with van der Waals surface area (Å²) in [6, 6.07) is 9.42. The maximum Gasteiger partial charge on any atom is 0.226 e. The van der Waals surface area contributed by atoms with Gasteiger partial charge in [0.2, 0.25) is 5.91 Å². The van der Waals surface area contributed by atoms with Gasteiger partial charge in [0.1, 0.15) is 5.75 Å². The van der Waals surface area contributed by atoms with Crippen molar-refractivity contribution in [2.24, 2.45) is 5.73 Å². The second kappa shape index (κ2) is 7.24. The van der Waals surface area contributed by atoms with Crippen LogP contribution in [0.2, 0.25) is 0 Å². The molecule has 5 heteroatoms. The maximum absolute atomic E-state index is 12.2. The van der Waals surface area contributed by atoms with Crippen molar-refractivity contribution < 1.29 is 9.53 Å². The summed E-state index contributed by atoms with van der Waals surface area (Å²) in [4.78, 5) is 14.5. The van der Waals surface area contributed by atoms with Crippen LogP contribution in [0.25, 0.3) is 0 Å². The van der Waals surface area contributed by atoms with Crippen LogP contribution in [0.3, 0.4) is 0 Å². The van der Waals surface area contributed by atoms with Gasteiger partial charge in [0, 0.05) is 6.54 Å². The van der Waals surface area contributed by atoms with E-state index in [0.717, 1.165) is 31.6 Å². The first-order valence-corrected chi connectivity index (χ1v) is 7.36. The predicted molar refractivity (Wildman–Crippen MR) is 82.7 cm³/mol. The molecular formula is C15H20N2O2S. The number of hydrogen-bond donors (Lipinski definition) is 1. The molecule has 1 aliphatic rings. The Balaban J connectivity index is 1.83. The van der Waals surface area contributed by atoms with Gasteiger partial charge in [0.05, 0.1) is 24.1 Å². The molecular weight excluding hydrogens is 272 g/mol. The van der Waals surface area contributed by atoms with Crippen molar-refractivity contribution in [2.75, 3.05) is 13.2 Å². The highest BCUT2D eigenvalue weighted by Crippen LogP contribution is 2.18. The molecule has 20 heavy (non-hydrogen) atoms. The Morgan fingerprint density at radius 1 is 1.35 bits per heavy atom. The largest absolute Gasteiger partial charge is 0.493 e. The molecule has 0 aliphatic carbocycles. The second-order valence-corrected chi connectivity index (χ2v) is 5.38. The van der Waals surface area contributed by atoms with Gasteiger partial charge in [-0.1, -0.05) is 30.4 Å². The van der Waals surface area contributed by atoms with Crippen LogP contribution in [0.1, 0.15) is 25.7 Å². The molecule has 1 amide bonds. The van der Waals surface area contributed by atoms with E-state index in [1.165, 1.54) is 0 Å². The van der Waals surface area contributed by atoms with Crippen LogP contribution in [-0.2, 0) is 4.79 Å². The minimum atomic E-state index is -0.0806. The number of para-hydroxylation sites is 1. The molecule has 1 aliphatic heterocycles. The monoisotopic (exact) mass is 292 g/mol. The molecule has 1 atom stereocenters. The average Bonchev–Trinajstić information content (AvgIpc) is 2.48. The molecule has 0 spiro atoms. The number of nitrogens with zero attached hydrogens (tertiary/aromatic N) is 1. The zero-order valence-corrected chi connectivity index (χ0v) is 12.3. The summed E-state index contributed by atoms with van der Waals surface area (Å²) in [5.74, 6) is 0.850. The van der Waals surface area contributed by atoms with Gasteiger partial charge in [-0.2, -0.15) is 0 Å². The van der Waals surface area contributed by atoms with Gasteiger partial charge in [-0.3, -0.25) is 4.79 Å². The fourth-order valence-electron chi connectivity index (χ4n) is 2.44. The molecule has 1 heterocycles. The Labute approximate surface area is 124 Å². The molecule has 0 aromatic heterocycles. The van der Waals surface area contributed by atoms with E-state index in [9.17, 15) is 4.79 Å². The third-order valence-electron chi connectivity index (χ3n) is 3.48. The van der Waals surface area contributed by atoms with E-state index in [4.69, 9.17) is 22.7 Å². The molecule has 108 valence electrons. The second-order valence-electron chi connectivity index (χ2n) is 4.91. The van der Waals surface area contributed by atoms with Crippen molar-refractivity contribution in [1.29, 1.82) is 0 Å². The van der Waals surface area contributed by atoms with Crippen LogP contribution < -0.4 is 10.5 Å². The van der Waals surface area contributed by atoms with E-state index in [0.29, 0.717) is 18.0 Å². The molecule has 1 saturated heterocycles. The number of thiocarbonyl (C=S) groups is 1. The van der Waals surface area contributed by atoms with Crippen LogP contribution in [0, 0.1) is 0 Å². The Morgan fingerprint density at radius 2 is 2.10 bits per heavy atom. The molecule has 1 aromatic rings. The first-order valence-electron chi connectivity index (χ1n) is 6.95. The smallest absolute Gasteiger partial charge is 0.226 e. The highest BCUT2D eigenvalue weighted by molar-refractivity contribution is 7.80. The zero-order chi connectivity index (χ0) is 14.4. The van der Waals surface area contributed by atoms with Crippen LogP contribution >= 0.6 is 12.2 Å². The number of hydrogen-bond acceptors (Lipinski definition) is 3. The number of rotatable bonds is 5. The van der Waals surface area contributed by atoms with Gasteiger partial charge < -0.3 is 15.4 Å². The summed E-state index contributed by atoms with van der Waals surface area (Å²) in [5, 5.41) is 0. The van der Waals surface area contributed by atoms with Gasteiger partial charge in [0.15, 0.2) is 0 Å². The summed E-state index contributed by atoms with van der Waals surface area (Å²) in [6.07, 6.45) is 3.32. The normalized spacial score (nSPS) is 18.6. The average molecular weight is 292 g/mol. The van der Waals surface area contributed by atoms with Crippen LogP contribution in [-0.4, -0.2) is 35.0 Å². The van der Waals surface area contributed by atoms with E-state index >= 15 is 0 Å². The van der Waals surface area contributed by atoms with Crippen LogP contribution in [0.5, 0.6) is 5.75 Å². The third kappa shape index (κ3) is 3.93. The molecule has 4 nitrogen and oxygen atoms in total. The Hall–Kier alpha value is -1.62. The molecule has 0 bridgehead atoms. The fraction of sp³-hybridized carbons (Fsp3) is 0.467. The zero-order valence-electron chi connectivity index (χ0n) is 11.5. The van der Waals surface area contributed by atoms with Crippen molar-refractivity contribution in [2.45, 2.75) is 31.7 Å². The lowest BCUT2D eigenvalue weighted by atomic mass is 10.0. The summed E-state index contributed by atoms with van der Waals surface area (Å²) >= 11 is 5.05. The van der Waals surface area contributed by atoms with Crippen molar-refractivity contribution in [1.82, 2.24) is 4.90 Å². The molecule has 2 rings (SSSR count). The summed E-state index contributed by atoms with van der Waals surface area (Å²) in [6.45, 7) is 1.12. The molecule has 1 fully saturated rings. The van der Waals surface area contributed by atoms with E-state index in [1.807, 2.05) is 30.3 Å². The Morgan fingerprint density at radius 3 is 2.80 bits per heavy atom. The number of carbonyl (C=O) groups excluding carboxylic acids is 1. The van der Waals surface area contributed by atoms with Crippen LogP contribution in [0.4, 0.5) is 0 Å². The topological polar surface area (TPSA) is 55.6 Å². The molecule has 1 aromatic carbocycles. The fourth-order valence-corrected chi connectivity index (χ4v) is 2.69. The standard InChI is InChI=1S/C15H20N2O2S/c16-15(20)13-8-4-5-10-17(13)14(18)9-11-19-12-6-2-1-3-7-12/h1-3,6-7,13H,4-5,8-11H2,(H2,16,20). The summed E-state index contributed by atoms with van der Waals surface area (Å²) in [7, 11) is 0.